The monoisotopic (exact) mass is 527 g/mol. The van der Waals surface area contributed by atoms with E-state index in [2.05, 4.69) is 29.0 Å². The number of methoxy groups -OCH3 is 1. The van der Waals surface area contributed by atoms with Gasteiger partial charge in [-0.25, -0.2) is 4.39 Å². The molecule has 2 aliphatic heterocycles. The number of hydrogen-bond acceptors (Lipinski definition) is 7. The van der Waals surface area contributed by atoms with Crippen molar-refractivity contribution in [2.24, 2.45) is 0 Å². The zero-order valence-corrected chi connectivity index (χ0v) is 22.4. The maximum Gasteiger partial charge on any atom is 0.253 e. The Morgan fingerprint density at radius 1 is 1.00 bits per heavy atom. The van der Waals surface area contributed by atoms with Crippen LogP contribution in [0, 0.1) is 5.82 Å². The van der Waals surface area contributed by atoms with Gasteiger partial charge >= 0.3 is 0 Å². The molecule has 206 valence electrons. The summed E-state index contributed by atoms with van der Waals surface area (Å²) in [6.07, 6.45) is 0.781. The number of halogens is 1. The van der Waals surface area contributed by atoms with E-state index in [1.165, 1.54) is 11.6 Å². The number of benzene rings is 2. The lowest BCUT2D eigenvalue weighted by Crippen LogP contribution is -2.41. The van der Waals surface area contributed by atoms with Crippen molar-refractivity contribution in [3.8, 4) is 5.75 Å². The summed E-state index contributed by atoms with van der Waals surface area (Å²) < 4.78 is 37.4. The van der Waals surface area contributed by atoms with Gasteiger partial charge in [-0.2, -0.15) is 0 Å². The molecular formula is C29H38FN3O5. The largest absolute Gasteiger partial charge is 0.491 e. The van der Waals surface area contributed by atoms with E-state index < -0.39 is 0 Å². The van der Waals surface area contributed by atoms with Crippen LogP contribution in [0.2, 0.25) is 0 Å². The van der Waals surface area contributed by atoms with E-state index in [0.29, 0.717) is 37.6 Å². The first-order valence-electron chi connectivity index (χ1n) is 13.5. The Morgan fingerprint density at radius 2 is 1.79 bits per heavy atom. The zero-order valence-electron chi connectivity index (χ0n) is 22.4. The number of likely N-dealkylation sites (N-methyl/N-ethyl adjacent to an activating group) is 1. The first-order chi connectivity index (χ1) is 18.5. The van der Waals surface area contributed by atoms with E-state index in [9.17, 15) is 4.79 Å². The minimum absolute atomic E-state index is 0.0343. The first kappa shape index (κ1) is 27.0. The maximum absolute atomic E-state index is 15.6. The zero-order chi connectivity index (χ0) is 26.5. The number of carbonyl (C=O) groups is 1. The topological polar surface area (TPSA) is 63.7 Å². The number of nitrogens with zero attached hydrogens (tertiary/aromatic N) is 3. The van der Waals surface area contributed by atoms with E-state index in [4.69, 9.17) is 18.9 Å². The van der Waals surface area contributed by atoms with Gasteiger partial charge in [0, 0.05) is 57.5 Å². The summed E-state index contributed by atoms with van der Waals surface area (Å²) >= 11 is 0. The van der Waals surface area contributed by atoms with Gasteiger partial charge < -0.3 is 23.8 Å². The summed E-state index contributed by atoms with van der Waals surface area (Å²) in [6, 6.07) is 11.5. The van der Waals surface area contributed by atoms with Crippen LogP contribution in [-0.2, 0) is 19.0 Å². The highest BCUT2D eigenvalue weighted by molar-refractivity contribution is 5.94. The van der Waals surface area contributed by atoms with E-state index in [-0.39, 0.29) is 30.3 Å². The van der Waals surface area contributed by atoms with Crippen LogP contribution in [0.15, 0.2) is 36.4 Å². The van der Waals surface area contributed by atoms with Crippen LogP contribution >= 0.6 is 0 Å². The predicted molar refractivity (Wildman–Crippen MR) is 142 cm³/mol. The molecule has 0 spiro atoms. The van der Waals surface area contributed by atoms with Gasteiger partial charge in [-0.3, -0.25) is 14.6 Å². The molecule has 9 heteroatoms. The number of hydrogen-bond donors (Lipinski definition) is 0. The van der Waals surface area contributed by atoms with Crippen molar-refractivity contribution in [1.29, 1.82) is 0 Å². The van der Waals surface area contributed by atoms with Gasteiger partial charge in [-0.05, 0) is 54.4 Å². The molecule has 1 amide bonds. The molecule has 0 bridgehead atoms. The minimum atomic E-state index is -0.283. The van der Waals surface area contributed by atoms with Gasteiger partial charge in [0.15, 0.2) is 0 Å². The van der Waals surface area contributed by atoms with Crippen LogP contribution in [0.4, 0.5) is 10.1 Å². The summed E-state index contributed by atoms with van der Waals surface area (Å²) in [5, 5.41) is 0. The molecule has 5 rings (SSSR count). The Labute approximate surface area is 224 Å². The molecule has 2 saturated heterocycles. The molecule has 2 aromatic carbocycles. The molecule has 0 N–H and O–H groups in total. The highest BCUT2D eigenvalue weighted by Gasteiger charge is 2.36. The van der Waals surface area contributed by atoms with Crippen molar-refractivity contribution in [2.45, 2.75) is 18.4 Å². The second-order valence-electron chi connectivity index (χ2n) is 10.2. The normalized spacial score (nSPS) is 22.2. The number of morpholine rings is 2. The molecule has 2 aromatic rings. The number of carbonyl (C=O) groups excluding carboxylic acids is 1. The fraction of sp³-hybridized carbons (Fsp3) is 0.552. The molecule has 1 aliphatic carbocycles. The molecule has 0 radical (unpaired) electrons. The number of rotatable bonds is 10. The molecule has 38 heavy (non-hydrogen) atoms. The third kappa shape index (κ3) is 6.02. The molecule has 3 aliphatic rings. The summed E-state index contributed by atoms with van der Waals surface area (Å²) in [6.45, 7) is 7.28. The van der Waals surface area contributed by atoms with Crippen LogP contribution in [-0.4, -0.2) is 102 Å². The molecule has 0 unspecified atom stereocenters. The molecule has 8 nitrogen and oxygen atoms in total. The summed E-state index contributed by atoms with van der Waals surface area (Å²) in [4.78, 5) is 18.7. The van der Waals surface area contributed by atoms with Crippen LogP contribution in [0.5, 0.6) is 5.75 Å². The third-order valence-corrected chi connectivity index (χ3v) is 7.87. The maximum atomic E-state index is 15.6. The molecule has 0 aromatic heterocycles. The van der Waals surface area contributed by atoms with Crippen molar-refractivity contribution in [3.63, 3.8) is 0 Å². The smallest absolute Gasteiger partial charge is 0.253 e. The van der Waals surface area contributed by atoms with Crippen LogP contribution in [0.25, 0.3) is 0 Å². The first-order valence-corrected chi connectivity index (χ1v) is 13.5. The number of amides is 1. The number of anilines is 1. The van der Waals surface area contributed by atoms with Crippen LogP contribution in [0.1, 0.15) is 35.1 Å². The fourth-order valence-corrected chi connectivity index (χ4v) is 5.72. The lowest BCUT2D eigenvalue weighted by Gasteiger charge is -2.31. The average Bonchev–Trinajstić information content (AvgIpc) is 3.31. The fourth-order valence-electron chi connectivity index (χ4n) is 5.72. The standard InChI is InChI=1S/C29H38FN3O5/c1-31(7-8-32-9-12-36-13-10-32)28-19-25(23-6-4-22(18-26(23)28)38-16-15-35-2)24-5-3-21(17-27(24)30)33-11-14-37-20-29(33)34/h3-6,17-18,25,28H,7-16,19-20H2,1-2H3/t25-,28-/m1/s1. The Balaban J connectivity index is 1.38. The van der Waals surface area contributed by atoms with E-state index in [1.807, 2.05) is 18.2 Å². The Kier molecular flexibility index (Phi) is 8.91. The second kappa shape index (κ2) is 12.5. The van der Waals surface area contributed by atoms with Crippen molar-refractivity contribution in [1.82, 2.24) is 9.80 Å². The summed E-state index contributed by atoms with van der Waals surface area (Å²) in [5.41, 5.74) is 3.55. The van der Waals surface area contributed by atoms with Gasteiger partial charge in [0.05, 0.1) is 26.4 Å². The van der Waals surface area contributed by atoms with E-state index in [0.717, 1.165) is 57.1 Å². The average molecular weight is 528 g/mol. The summed E-state index contributed by atoms with van der Waals surface area (Å²) in [5.74, 6) is 0.297. The highest BCUT2D eigenvalue weighted by Crippen LogP contribution is 2.48. The van der Waals surface area contributed by atoms with Gasteiger partial charge in [0.2, 0.25) is 0 Å². The quantitative estimate of drug-likeness (QED) is 0.440. The van der Waals surface area contributed by atoms with Crippen molar-refractivity contribution >= 4 is 11.6 Å². The van der Waals surface area contributed by atoms with Crippen molar-refractivity contribution in [2.75, 3.05) is 91.4 Å². The molecular weight excluding hydrogens is 489 g/mol. The van der Waals surface area contributed by atoms with Crippen molar-refractivity contribution in [3.05, 3.63) is 58.9 Å². The van der Waals surface area contributed by atoms with Gasteiger partial charge in [0.25, 0.3) is 5.91 Å². The van der Waals surface area contributed by atoms with E-state index >= 15 is 4.39 Å². The Bertz CT molecular complexity index is 1110. The number of fused-ring (bicyclic) bond motifs is 1. The van der Waals surface area contributed by atoms with Crippen molar-refractivity contribution < 1.29 is 28.1 Å². The van der Waals surface area contributed by atoms with Crippen LogP contribution in [0.3, 0.4) is 0 Å². The molecule has 2 heterocycles. The second-order valence-corrected chi connectivity index (χ2v) is 10.2. The summed E-state index contributed by atoms with van der Waals surface area (Å²) in [7, 11) is 3.81. The SMILES string of the molecule is COCCOc1ccc2c(c1)[C@H](N(C)CCN1CCOCC1)C[C@H]2c1ccc(N2CCOCC2=O)cc1F. The molecule has 0 saturated carbocycles. The Hall–Kier alpha value is -2.56. The third-order valence-electron chi connectivity index (χ3n) is 7.87. The van der Waals surface area contributed by atoms with E-state index in [1.54, 1.807) is 12.0 Å². The molecule has 2 fully saturated rings. The van der Waals surface area contributed by atoms with Gasteiger partial charge in [0.1, 0.15) is 24.8 Å². The van der Waals surface area contributed by atoms with Gasteiger partial charge in [-0.15, -0.1) is 0 Å². The predicted octanol–water partition coefficient (Wildman–Crippen LogP) is 3.05. The van der Waals surface area contributed by atoms with Gasteiger partial charge in [-0.1, -0.05) is 12.1 Å². The minimum Gasteiger partial charge on any atom is -0.491 e. The Morgan fingerprint density at radius 3 is 2.55 bits per heavy atom. The molecule has 2 atom stereocenters. The van der Waals surface area contributed by atoms with Crippen LogP contribution < -0.4 is 9.64 Å². The lowest BCUT2D eigenvalue weighted by molar-refractivity contribution is -0.125. The lowest BCUT2D eigenvalue weighted by atomic mass is 9.92. The highest BCUT2D eigenvalue weighted by atomic mass is 19.1. The number of ether oxygens (including phenoxy) is 4.